The highest BCUT2D eigenvalue weighted by atomic mass is 16.5. The van der Waals surface area contributed by atoms with Crippen LogP contribution in [0.25, 0.3) is 11.2 Å². The van der Waals surface area contributed by atoms with E-state index in [1.807, 2.05) is 0 Å². The number of ether oxygens (including phenoxy) is 1. The lowest BCUT2D eigenvalue weighted by molar-refractivity contribution is -0.157. The van der Waals surface area contributed by atoms with Crippen LogP contribution in [0.3, 0.4) is 0 Å². The van der Waals surface area contributed by atoms with Gasteiger partial charge in [-0.25, -0.2) is 9.67 Å². The van der Waals surface area contributed by atoms with Gasteiger partial charge in [-0.1, -0.05) is 5.21 Å². The third-order valence-corrected chi connectivity index (χ3v) is 5.14. The Kier molecular flexibility index (Phi) is 3.27. The lowest BCUT2D eigenvalue weighted by atomic mass is 9.74. The van der Waals surface area contributed by atoms with Crippen molar-refractivity contribution in [1.29, 1.82) is 0 Å². The first-order chi connectivity index (χ1) is 11.5. The zero-order valence-corrected chi connectivity index (χ0v) is 13.2. The van der Waals surface area contributed by atoms with Crippen molar-refractivity contribution in [3.05, 3.63) is 17.8 Å². The molecule has 9 nitrogen and oxygen atoms in total. The Morgan fingerprint density at radius 3 is 3.04 bits per heavy atom. The van der Waals surface area contributed by atoms with Gasteiger partial charge in [-0.3, -0.25) is 9.59 Å². The summed E-state index contributed by atoms with van der Waals surface area (Å²) in [5.41, 5.74) is 0.435. The summed E-state index contributed by atoms with van der Waals surface area (Å²) in [4.78, 5) is 30.6. The summed E-state index contributed by atoms with van der Waals surface area (Å²) in [5, 5.41) is 17.6. The maximum Gasteiger partial charge on any atom is 0.311 e. The van der Waals surface area contributed by atoms with Gasteiger partial charge in [0.25, 0.3) is 5.91 Å². The topological polar surface area (TPSA) is 110 Å². The van der Waals surface area contributed by atoms with Gasteiger partial charge in [-0.2, -0.15) is 0 Å². The number of carboxylic acids is 1. The van der Waals surface area contributed by atoms with Gasteiger partial charge in [0.05, 0.1) is 17.6 Å². The number of rotatable bonds is 2. The third-order valence-electron chi connectivity index (χ3n) is 5.14. The molecule has 2 aliphatic rings. The van der Waals surface area contributed by atoms with Crippen molar-refractivity contribution in [1.82, 2.24) is 24.9 Å². The molecule has 126 valence electrons. The van der Waals surface area contributed by atoms with Crippen LogP contribution < -0.4 is 0 Å². The van der Waals surface area contributed by atoms with Crippen molar-refractivity contribution in [3.63, 3.8) is 0 Å². The molecular formula is C15H17N5O4. The van der Waals surface area contributed by atoms with Crippen molar-refractivity contribution in [2.45, 2.75) is 6.42 Å². The monoisotopic (exact) mass is 331 g/mol. The fourth-order valence-corrected chi connectivity index (χ4v) is 3.73. The molecule has 0 radical (unpaired) electrons. The molecule has 9 heteroatoms. The predicted octanol–water partition coefficient (Wildman–Crippen LogP) is -0.0734. The smallest absolute Gasteiger partial charge is 0.311 e. The van der Waals surface area contributed by atoms with Gasteiger partial charge in [0.1, 0.15) is 5.52 Å². The largest absolute Gasteiger partial charge is 0.481 e. The van der Waals surface area contributed by atoms with Crippen LogP contribution in [-0.4, -0.2) is 68.2 Å². The summed E-state index contributed by atoms with van der Waals surface area (Å²) in [7, 11) is 1.71. The SMILES string of the molecule is Cn1nnc2c(C(=O)N3C[C@H]4COCC[C@@]4(C(=O)O)C3)ccnc21. The number of hydrogen-bond acceptors (Lipinski definition) is 6. The minimum atomic E-state index is -0.914. The van der Waals surface area contributed by atoms with Crippen molar-refractivity contribution in [2.24, 2.45) is 18.4 Å². The number of nitrogens with zero attached hydrogens (tertiary/aromatic N) is 5. The van der Waals surface area contributed by atoms with Gasteiger partial charge in [0, 0.05) is 38.9 Å². The molecule has 0 spiro atoms. The summed E-state index contributed by atoms with van der Waals surface area (Å²) < 4.78 is 6.93. The summed E-state index contributed by atoms with van der Waals surface area (Å²) >= 11 is 0. The molecule has 0 aliphatic carbocycles. The van der Waals surface area contributed by atoms with Crippen LogP contribution in [0.15, 0.2) is 12.3 Å². The van der Waals surface area contributed by atoms with E-state index in [1.54, 1.807) is 18.0 Å². The van der Waals surface area contributed by atoms with E-state index in [0.29, 0.717) is 42.9 Å². The second kappa shape index (κ2) is 5.23. The number of hydrogen-bond donors (Lipinski definition) is 1. The number of pyridine rings is 1. The first-order valence-corrected chi connectivity index (χ1v) is 7.78. The number of carbonyl (C=O) groups excluding carboxylic acids is 1. The Bertz CT molecular complexity index is 834. The molecule has 2 atom stereocenters. The van der Waals surface area contributed by atoms with Gasteiger partial charge in [0.15, 0.2) is 5.65 Å². The molecule has 0 saturated carbocycles. The molecule has 2 aliphatic heterocycles. The van der Waals surface area contributed by atoms with Crippen LogP contribution in [-0.2, 0) is 16.6 Å². The van der Waals surface area contributed by atoms with E-state index in [4.69, 9.17) is 4.74 Å². The van der Waals surface area contributed by atoms with Crippen LogP contribution in [0.5, 0.6) is 0 Å². The molecule has 1 N–H and O–H groups in total. The van der Waals surface area contributed by atoms with Crippen LogP contribution in [0.4, 0.5) is 0 Å². The molecule has 0 bridgehead atoms. The highest BCUT2D eigenvalue weighted by Gasteiger charge is 2.55. The van der Waals surface area contributed by atoms with Crippen molar-refractivity contribution in [3.8, 4) is 0 Å². The van der Waals surface area contributed by atoms with Gasteiger partial charge in [0.2, 0.25) is 0 Å². The minimum Gasteiger partial charge on any atom is -0.481 e. The zero-order valence-electron chi connectivity index (χ0n) is 13.2. The summed E-state index contributed by atoms with van der Waals surface area (Å²) in [6.07, 6.45) is 1.96. The molecule has 2 fully saturated rings. The lowest BCUT2D eigenvalue weighted by Crippen LogP contribution is -2.45. The standard InChI is InChI=1S/C15H17N5O4/c1-19-12-11(17-18-19)10(2-4-16-12)13(21)20-6-9-7-24-5-3-15(9,8-20)14(22)23/h2,4,9H,3,5-8H2,1H3,(H,22,23)/t9-,15+/m0/s1. The normalized spacial score (nSPS) is 26.5. The van der Waals surface area contributed by atoms with E-state index in [2.05, 4.69) is 15.3 Å². The molecule has 0 aromatic carbocycles. The summed E-state index contributed by atoms with van der Waals surface area (Å²) in [6, 6.07) is 1.60. The molecule has 2 aromatic rings. The van der Waals surface area contributed by atoms with E-state index in [-0.39, 0.29) is 18.4 Å². The number of amides is 1. The molecule has 2 saturated heterocycles. The van der Waals surface area contributed by atoms with Crippen LogP contribution in [0, 0.1) is 11.3 Å². The number of aliphatic carboxylic acids is 1. The summed E-state index contributed by atoms with van der Waals surface area (Å²) in [5.74, 6) is -1.28. The Hall–Kier alpha value is -2.55. The lowest BCUT2D eigenvalue weighted by Gasteiger charge is -2.33. The molecule has 4 heterocycles. The number of carbonyl (C=O) groups is 2. The Balaban J connectivity index is 1.69. The fraction of sp³-hybridized carbons (Fsp3) is 0.533. The first-order valence-electron chi connectivity index (χ1n) is 7.78. The highest BCUT2D eigenvalue weighted by Crippen LogP contribution is 2.43. The number of fused-ring (bicyclic) bond motifs is 2. The third kappa shape index (κ3) is 2.01. The average Bonchev–Trinajstić information content (AvgIpc) is 3.16. The van der Waals surface area contributed by atoms with E-state index in [9.17, 15) is 14.7 Å². The first kappa shape index (κ1) is 15.0. The Morgan fingerprint density at radius 2 is 2.29 bits per heavy atom. The maximum absolute atomic E-state index is 13.0. The molecule has 24 heavy (non-hydrogen) atoms. The van der Waals surface area contributed by atoms with E-state index in [1.165, 1.54) is 10.9 Å². The molecule has 4 rings (SSSR count). The number of aromatic nitrogens is 4. The van der Waals surface area contributed by atoms with Crippen LogP contribution >= 0.6 is 0 Å². The van der Waals surface area contributed by atoms with Crippen molar-refractivity contribution in [2.75, 3.05) is 26.3 Å². The second-order valence-corrected chi connectivity index (χ2v) is 6.41. The Labute approximate surface area is 137 Å². The van der Waals surface area contributed by atoms with E-state index < -0.39 is 11.4 Å². The van der Waals surface area contributed by atoms with E-state index >= 15 is 0 Å². The van der Waals surface area contributed by atoms with Crippen molar-refractivity contribution >= 4 is 23.0 Å². The molecule has 0 unspecified atom stereocenters. The second-order valence-electron chi connectivity index (χ2n) is 6.41. The number of likely N-dealkylation sites (tertiary alicyclic amines) is 1. The average molecular weight is 331 g/mol. The quantitative estimate of drug-likeness (QED) is 0.820. The summed E-state index contributed by atoms with van der Waals surface area (Å²) in [6.45, 7) is 1.34. The van der Waals surface area contributed by atoms with Gasteiger partial charge >= 0.3 is 5.97 Å². The van der Waals surface area contributed by atoms with Crippen LogP contribution in [0.1, 0.15) is 16.8 Å². The number of carboxylic acid groups (broad SMARTS) is 1. The fourth-order valence-electron chi connectivity index (χ4n) is 3.73. The maximum atomic E-state index is 13.0. The van der Waals surface area contributed by atoms with E-state index in [0.717, 1.165) is 0 Å². The number of aryl methyl sites for hydroxylation is 1. The molecule has 1 amide bonds. The zero-order chi connectivity index (χ0) is 16.9. The van der Waals surface area contributed by atoms with Crippen molar-refractivity contribution < 1.29 is 19.4 Å². The molecular weight excluding hydrogens is 314 g/mol. The molecule has 2 aromatic heterocycles. The van der Waals surface area contributed by atoms with Gasteiger partial charge in [-0.15, -0.1) is 5.10 Å². The Morgan fingerprint density at radius 1 is 1.46 bits per heavy atom. The van der Waals surface area contributed by atoms with Gasteiger partial charge < -0.3 is 14.7 Å². The van der Waals surface area contributed by atoms with Crippen LogP contribution in [0.2, 0.25) is 0 Å². The predicted molar refractivity (Wildman–Crippen MR) is 81.2 cm³/mol. The van der Waals surface area contributed by atoms with Gasteiger partial charge in [-0.05, 0) is 12.5 Å². The highest BCUT2D eigenvalue weighted by molar-refractivity contribution is 6.04. The minimum absolute atomic E-state index is 0.188.